The fraction of sp³-hybridized carbons (Fsp3) is 0.643. The normalized spacial score (nSPS) is 28.8. The molecule has 1 spiro atoms. The number of hydrogen-bond donors (Lipinski definition) is 2. The van der Waals surface area contributed by atoms with Crippen LogP contribution in [0.15, 0.2) is 6.07 Å². The van der Waals surface area contributed by atoms with E-state index in [4.69, 9.17) is 20.2 Å². The van der Waals surface area contributed by atoms with E-state index < -0.39 is 40.9 Å². The Morgan fingerprint density at radius 2 is 2.02 bits per heavy atom. The second-order valence-corrected chi connectivity index (χ2v) is 12.5. The van der Waals surface area contributed by atoms with Crippen molar-refractivity contribution in [2.75, 3.05) is 56.5 Å². The van der Waals surface area contributed by atoms with Crippen molar-refractivity contribution in [3.8, 4) is 6.01 Å². The molecule has 222 valence electrons. The molecule has 8 nitrogen and oxygen atoms in total. The van der Waals surface area contributed by atoms with Crippen LogP contribution >= 0.6 is 0 Å². The molecular weight excluding hydrogens is 547 g/mol. The van der Waals surface area contributed by atoms with Gasteiger partial charge in [0.05, 0.1) is 35.2 Å². The van der Waals surface area contributed by atoms with Crippen molar-refractivity contribution < 1.29 is 31.4 Å². The van der Waals surface area contributed by atoms with E-state index >= 15 is 4.39 Å². The molecule has 3 atom stereocenters. The van der Waals surface area contributed by atoms with E-state index in [-0.39, 0.29) is 42.3 Å². The van der Waals surface area contributed by atoms with Gasteiger partial charge in [-0.25, -0.2) is 8.78 Å². The fourth-order valence-corrected chi connectivity index (χ4v) is 7.53. The van der Waals surface area contributed by atoms with Crippen molar-refractivity contribution >= 4 is 11.5 Å². The second-order valence-electron chi connectivity index (χ2n) is 12.5. The van der Waals surface area contributed by atoms with Gasteiger partial charge in [-0.2, -0.15) is 23.1 Å². The number of aryl methyl sites for hydroxylation is 1. The number of nitrogens with two attached hydrogens (primary N) is 1. The highest BCUT2D eigenvalue weighted by Crippen LogP contribution is 2.46. The Morgan fingerprint density at radius 3 is 2.73 bits per heavy atom. The number of nitrogens with zero attached hydrogens (tertiary/aromatic N) is 4. The maximum Gasteiger partial charge on any atom is 0.417 e. The third-order valence-electron chi connectivity index (χ3n) is 9.57. The minimum absolute atomic E-state index is 0.0802. The topological polar surface area (TPSA) is 88.8 Å². The van der Waals surface area contributed by atoms with Crippen LogP contribution < -0.4 is 20.7 Å². The van der Waals surface area contributed by atoms with E-state index in [0.29, 0.717) is 30.0 Å². The lowest BCUT2D eigenvalue weighted by atomic mass is 9.74. The highest BCUT2D eigenvalue weighted by atomic mass is 19.4. The fourth-order valence-electron chi connectivity index (χ4n) is 7.53. The average molecular weight is 581 g/mol. The maximum absolute atomic E-state index is 15.3. The molecule has 0 aliphatic carbocycles. The molecule has 41 heavy (non-hydrogen) atoms. The lowest BCUT2D eigenvalue weighted by Gasteiger charge is -2.56. The SMILES string of the molecule is Cc1cc(N)c(F)c(C2Cc3nc(OCC45CCCN4CC(F)C5)nc(N4CC5(CNC5)C4)c3CO2)c1C(F)(F)F. The molecule has 0 bridgehead atoms. The van der Waals surface area contributed by atoms with Crippen LogP contribution in [-0.2, 0) is 23.9 Å². The van der Waals surface area contributed by atoms with Gasteiger partial charge in [0.25, 0.3) is 0 Å². The highest BCUT2D eigenvalue weighted by molar-refractivity contribution is 5.56. The molecule has 4 fully saturated rings. The van der Waals surface area contributed by atoms with Gasteiger partial charge < -0.3 is 25.4 Å². The van der Waals surface area contributed by atoms with Crippen LogP contribution in [0.3, 0.4) is 0 Å². The largest absolute Gasteiger partial charge is 0.461 e. The van der Waals surface area contributed by atoms with Gasteiger partial charge in [-0.15, -0.1) is 0 Å². The van der Waals surface area contributed by atoms with Crippen LogP contribution in [0.25, 0.3) is 0 Å². The number of halogens is 5. The minimum atomic E-state index is -4.80. The maximum atomic E-state index is 15.3. The smallest absolute Gasteiger partial charge is 0.417 e. The number of ether oxygens (including phenoxy) is 2. The number of nitrogens with one attached hydrogen (secondary N) is 1. The van der Waals surface area contributed by atoms with Gasteiger partial charge in [0.1, 0.15) is 18.6 Å². The van der Waals surface area contributed by atoms with Crippen LogP contribution in [0, 0.1) is 18.2 Å². The number of anilines is 2. The quantitative estimate of drug-likeness (QED) is 0.409. The number of benzene rings is 1. The number of alkyl halides is 4. The van der Waals surface area contributed by atoms with Crippen molar-refractivity contribution in [2.24, 2.45) is 5.41 Å². The Hall–Kier alpha value is -2.77. The predicted molar refractivity (Wildman–Crippen MR) is 140 cm³/mol. The molecule has 4 saturated heterocycles. The van der Waals surface area contributed by atoms with Crippen LogP contribution in [0.4, 0.5) is 33.5 Å². The standard InChI is InChI=1S/C28H33F5N6O2/c1-15-5-18(34)23(30)21(22(15)28(31,32)33)20-6-19-17(9-40-20)24(38-12-26(13-38)10-35-11-26)37-25(36-19)41-14-27-3-2-4-39(27)8-16(29)7-27/h5,16,20,35H,2-4,6-14,34H2,1H3. The Balaban J connectivity index is 1.23. The van der Waals surface area contributed by atoms with Gasteiger partial charge >= 0.3 is 12.2 Å². The monoisotopic (exact) mass is 580 g/mol. The minimum Gasteiger partial charge on any atom is -0.461 e. The summed E-state index contributed by atoms with van der Waals surface area (Å²) in [6.07, 6.45) is -4.90. The van der Waals surface area contributed by atoms with Crippen molar-refractivity contribution in [3.05, 3.63) is 39.8 Å². The first kappa shape index (κ1) is 27.1. The first-order chi connectivity index (χ1) is 19.5. The summed E-state index contributed by atoms with van der Waals surface area (Å²) in [4.78, 5) is 13.6. The summed E-state index contributed by atoms with van der Waals surface area (Å²) in [6, 6.07) is 1.09. The molecule has 0 saturated carbocycles. The summed E-state index contributed by atoms with van der Waals surface area (Å²) >= 11 is 0. The van der Waals surface area contributed by atoms with E-state index in [1.807, 2.05) is 0 Å². The number of aromatic nitrogens is 2. The molecule has 0 amide bonds. The lowest BCUT2D eigenvalue weighted by Crippen LogP contribution is -2.71. The van der Waals surface area contributed by atoms with E-state index in [9.17, 15) is 17.6 Å². The molecule has 1 aromatic heterocycles. The van der Waals surface area contributed by atoms with Gasteiger partial charge in [0.15, 0.2) is 5.82 Å². The summed E-state index contributed by atoms with van der Waals surface area (Å²) in [5, 5.41) is 3.30. The van der Waals surface area contributed by atoms with E-state index in [2.05, 4.69) is 20.1 Å². The molecule has 5 aliphatic heterocycles. The summed E-state index contributed by atoms with van der Waals surface area (Å²) in [7, 11) is 0. The van der Waals surface area contributed by atoms with Gasteiger partial charge in [-0.05, 0) is 37.9 Å². The predicted octanol–water partition coefficient (Wildman–Crippen LogP) is 3.70. The Kier molecular flexibility index (Phi) is 6.19. The summed E-state index contributed by atoms with van der Waals surface area (Å²) < 4.78 is 83.9. The third kappa shape index (κ3) is 4.42. The molecule has 3 N–H and O–H groups in total. The summed E-state index contributed by atoms with van der Waals surface area (Å²) in [5.41, 5.74) is 4.43. The zero-order valence-electron chi connectivity index (χ0n) is 22.8. The molecule has 1 aromatic carbocycles. The number of rotatable bonds is 5. The first-order valence-corrected chi connectivity index (χ1v) is 14.1. The van der Waals surface area contributed by atoms with Crippen molar-refractivity contribution in [1.82, 2.24) is 20.2 Å². The summed E-state index contributed by atoms with van der Waals surface area (Å²) in [6.45, 7) is 5.97. The van der Waals surface area contributed by atoms with Crippen molar-refractivity contribution in [1.29, 1.82) is 0 Å². The number of hydrogen-bond acceptors (Lipinski definition) is 8. The molecule has 13 heteroatoms. The zero-order valence-corrected chi connectivity index (χ0v) is 22.8. The van der Waals surface area contributed by atoms with Crippen LogP contribution in [0.2, 0.25) is 0 Å². The molecule has 0 radical (unpaired) electrons. The molecule has 2 aromatic rings. The molecule has 7 rings (SSSR count). The number of fused-ring (bicyclic) bond motifs is 2. The van der Waals surface area contributed by atoms with E-state index in [1.165, 1.54) is 6.92 Å². The van der Waals surface area contributed by atoms with Crippen molar-refractivity contribution in [2.45, 2.75) is 63.2 Å². The van der Waals surface area contributed by atoms with Gasteiger partial charge in [-0.1, -0.05) is 0 Å². The second kappa shape index (κ2) is 9.37. The Labute approximate surface area is 234 Å². The lowest BCUT2D eigenvalue weighted by molar-refractivity contribution is -0.140. The number of nitrogen functional groups attached to an aromatic ring is 1. The first-order valence-electron chi connectivity index (χ1n) is 14.1. The highest BCUT2D eigenvalue weighted by Gasteiger charge is 2.51. The van der Waals surface area contributed by atoms with E-state index in [1.54, 1.807) is 0 Å². The van der Waals surface area contributed by atoms with Crippen LogP contribution in [-0.4, -0.2) is 72.5 Å². The average Bonchev–Trinajstić information content (AvgIpc) is 3.37. The van der Waals surface area contributed by atoms with Crippen LogP contribution in [0.1, 0.15) is 53.3 Å². The molecule has 3 unspecified atom stereocenters. The van der Waals surface area contributed by atoms with Gasteiger partial charge in [0, 0.05) is 62.1 Å². The summed E-state index contributed by atoms with van der Waals surface area (Å²) in [5.74, 6) is -0.511. The van der Waals surface area contributed by atoms with Gasteiger partial charge in [-0.3, -0.25) is 4.90 Å². The Bertz CT molecular complexity index is 1380. The molecule has 6 heterocycles. The van der Waals surface area contributed by atoms with E-state index in [0.717, 1.165) is 51.6 Å². The third-order valence-corrected chi connectivity index (χ3v) is 9.57. The zero-order chi connectivity index (χ0) is 28.7. The van der Waals surface area contributed by atoms with Gasteiger partial charge in [0.2, 0.25) is 0 Å². The molecular formula is C28H33F5N6O2. The van der Waals surface area contributed by atoms with Crippen molar-refractivity contribution in [3.63, 3.8) is 0 Å². The molecule has 5 aliphatic rings. The Morgan fingerprint density at radius 1 is 1.24 bits per heavy atom. The van der Waals surface area contributed by atoms with Crippen LogP contribution in [0.5, 0.6) is 6.01 Å².